The molecule has 1 saturated heterocycles. The Labute approximate surface area is 248 Å². The summed E-state index contributed by atoms with van der Waals surface area (Å²) < 4.78 is 89.7. The summed E-state index contributed by atoms with van der Waals surface area (Å²) >= 11 is 0. The van der Waals surface area contributed by atoms with Crippen molar-refractivity contribution in [2.75, 3.05) is 46.2 Å². The third kappa shape index (κ3) is 7.19. The number of hydrogen-bond donors (Lipinski definition) is 3. The fourth-order valence-corrected chi connectivity index (χ4v) is 5.19. The Kier molecular flexibility index (Phi) is 9.33. The highest BCUT2D eigenvalue weighted by Crippen LogP contribution is 2.32. The fourth-order valence-electron chi connectivity index (χ4n) is 5.19. The van der Waals surface area contributed by atoms with Gasteiger partial charge in [-0.2, -0.15) is 13.2 Å². The van der Waals surface area contributed by atoms with Gasteiger partial charge in [-0.25, -0.2) is 18.2 Å². The minimum Gasteiger partial charge on any atom is -0.494 e. The summed E-state index contributed by atoms with van der Waals surface area (Å²) in [4.78, 5) is 30.8. The molecule has 3 aromatic rings. The maximum absolute atomic E-state index is 14.9. The highest BCUT2D eigenvalue weighted by Gasteiger charge is 2.48. The zero-order valence-electron chi connectivity index (χ0n) is 24.2. The number of anilines is 1. The number of nitrogens with zero attached hydrogens (tertiary/aromatic N) is 3. The second kappa shape index (κ2) is 12.7. The molecule has 4 rings (SSSR count). The number of aromatic nitrogens is 2. The minimum atomic E-state index is -4.60. The number of carbonyl (C=O) groups excluding carboxylic acids is 2. The third-order valence-electron chi connectivity index (χ3n) is 7.07. The second-order valence-electron chi connectivity index (χ2n) is 10.5. The van der Waals surface area contributed by atoms with E-state index < -0.39 is 54.8 Å². The molecule has 15 heteroatoms. The van der Waals surface area contributed by atoms with E-state index in [1.165, 1.54) is 37.3 Å². The number of fused-ring (bicyclic) bond motifs is 1. The van der Waals surface area contributed by atoms with Crippen LogP contribution >= 0.6 is 0 Å². The van der Waals surface area contributed by atoms with Crippen LogP contribution in [0.15, 0.2) is 30.6 Å². The molecule has 2 amide bonds. The van der Waals surface area contributed by atoms with Crippen molar-refractivity contribution >= 4 is 28.5 Å². The lowest BCUT2D eigenvalue weighted by Crippen LogP contribution is -2.61. The minimum absolute atomic E-state index is 0.0640. The Hall–Kier alpha value is -4.45. The molecular formula is C29H30F6N6O3. The van der Waals surface area contributed by atoms with Crippen molar-refractivity contribution in [1.29, 1.82) is 0 Å². The number of likely N-dealkylation sites (tertiary alicyclic amines) is 1. The first-order valence-electron chi connectivity index (χ1n) is 13.4. The van der Waals surface area contributed by atoms with E-state index in [4.69, 9.17) is 4.74 Å². The summed E-state index contributed by atoms with van der Waals surface area (Å²) in [5.74, 6) is -0.667. The van der Waals surface area contributed by atoms with Crippen molar-refractivity contribution in [3.05, 3.63) is 53.1 Å². The number of benzene rings is 2. The molecule has 0 aliphatic carbocycles. The topological polar surface area (TPSA) is 101 Å². The van der Waals surface area contributed by atoms with Crippen LogP contribution in [-0.2, 0) is 6.54 Å². The van der Waals surface area contributed by atoms with Gasteiger partial charge in [-0.3, -0.25) is 9.59 Å². The van der Waals surface area contributed by atoms with Crippen LogP contribution in [0.5, 0.6) is 5.75 Å². The molecule has 0 unspecified atom stereocenters. The van der Waals surface area contributed by atoms with Crippen LogP contribution in [0.2, 0.25) is 0 Å². The monoisotopic (exact) mass is 624 g/mol. The average Bonchev–Trinajstić information content (AvgIpc) is 3.32. The number of methoxy groups -OCH3 is 1. The SMILES string of the molecule is CNC(=O)c1cc(NCC#Cc2cc(C(=O)N[C@H]3[C@H](C)CN(C)CC3(F)F)c3ncn(CC(F)(F)F)c3c2)c(OC)cc1F. The Morgan fingerprint density at radius 3 is 2.52 bits per heavy atom. The van der Waals surface area contributed by atoms with Crippen molar-refractivity contribution in [3.8, 4) is 17.6 Å². The van der Waals surface area contributed by atoms with E-state index in [-0.39, 0.29) is 45.7 Å². The molecule has 0 saturated carbocycles. The van der Waals surface area contributed by atoms with Gasteiger partial charge in [-0.15, -0.1) is 0 Å². The van der Waals surface area contributed by atoms with E-state index in [0.717, 1.165) is 17.0 Å². The largest absolute Gasteiger partial charge is 0.494 e. The smallest absolute Gasteiger partial charge is 0.406 e. The Morgan fingerprint density at radius 1 is 1.16 bits per heavy atom. The molecule has 0 radical (unpaired) electrons. The number of rotatable bonds is 7. The lowest BCUT2D eigenvalue weighted by atomic mass is 9.90. The maximum Gasteiger partial charge on any atom is 0.406 e. The number of nitrogens with one attached hydrogen (secondary N) is 3. The third-order valence-corrected chi connectivity index (χ3v) is 7.07. The predicted molar refractivity (Wildman–Crippen MR) is 150 cm³/mol. The van der Waals surface area contributed by atoms with E-state index in [1.54, 1.807) is 14.0 Å². The molecule has 2 aromatic carbocycles. The number of carbonyl (C=O) groups is 2. The summed E-state index contributed by atoms with van der Waals surface area (Å²) in [6.45, 7) is -0.177. The van der Waals surface area contributed by atoms with Crippen LogP contribution in [0, 0.1) is 23.6 Å². The van der Waals surface area contributed by atoms with E-state index >= 15 is 0 Å². The first-order chi connectivity index (χ1) is 20.6. The van der Waals surface area contributed by atoms with Crippen LogP contribution in [0.1, 0.15) is 33.2 Å². The maximum atomic E-state index is 14.9. The molecule has 0 spiro atoms. The van der Waals surface area contributed by atoms with Crippen LogP contribution in [0.25, 0.3) is 11.0 Å². The van der Waals surface area contributed by atoms with Crippen molar-refractivity contribution in [3.63, 3.8) is 0 Å². The lowest BCUT2D eigenvalue weighted by molar-refractivity contribution is -0.140. The fraction of sp³-hybridized carbons (Fsp3) is 0.414. The average molecular weight is 625 g/mol. The summed E-state index contributed by atoms with van der Waals surface area (Å²) in [5.41, 5.74) is -0.254. The molecule has 0 bridgehead atoms. The highest BCUT2D eigenvalue weighted by molar-refractivity contribution is 6.05. The molecule has 1 aliphatic rings. The number of alkyl halides is 5. The highest BCUT2D eigenvalue weighted by atomic mass is 19.4. The molecular weight excluding hydrogens is 594 g/mol. The second-order valence-corrected chi connectivity index (χ2v) is 10.5. The molecule has 236 valence electrons. The molecule has 1 aliphatic heterocycles. The van der Waals surface area contributed by atoms with Crippen molar-refractivity contribution < 1.29 is 40.7 Å². The number of halogens is 6. The quantitative estimate of drug-likeness (QED) is 0.273. The number of ether oxygens (including phenoxy) is 1. The van der Waals surface area contributed by atoms with Crippen LogP contribution in [0.4, 0.5) is 32.0 Å². The molecule has 3 N–H and O–H groups in total. The van der Waals surface area contributed by atoms with E-state index in [9.17, 15) is 35.9 Å². The zero-order valence-corrected chi connectivity index (χ0v) is 24.2. The number of imidazole rings is 1. The normalized spacial score (nSPS) is 18.3. The molecule has 44 heavy (non-hydrogen) atoms. The Balaban J connectivity index is 1.66. The van der Waals surface area contributed by atoms with Gasteiger partial charge in [-0.05, 0) is 31.2 Å². The molecule has 1 fully saturated rings. The molecule has 1 aromatic heterocycles. The van der Waals surface area contributed by atoms with Gasteiger partial charge < -0.3 is 30.2 Å². The summed E-state index contributed by atoms with van der Waals surface area (Å²) in [7, 11) is 4.19. The lowest BCUT2D eigenvalue weighted by Gasteiger charge is -2.41. The predicted octanol–water partition coefficient (Wildman–Crippen LogP) is 3.88. The van der Waals surface area contributed by atoms with Crippen LogP contribution in [0.3, 0.4) is 0 Å². The first kappa shape index (κ1) is 32.5. The van der Waals surface area contributed by atoms with Crippen molar-refractivity contribution in [2.24, 2.45) is 5.92 Å². The van der Waals surface area contributed by atoms with Crippen molar-refractivity contribution in [1.82, 2.24) is 25.1 Å². The van der Waals surface area contributed by atoms with Crippen LogP contribution in [-0.4, -0.2) is 85.2 Å². The van der Waals surface area contributed by atoms with Gasteiger partial charge in [0.1, 0.15) is 23.6 Å². The summed E-state index contributed by atoms with van der Waals surface area (Å²) in [5, 5.41) is 7.59. The van der Waals surface area contributed by atoms with Gasteiger partial charge in [0.2, 0.25) is 0 Å². The van der Waals surface area contributed by atoms with E-state index in [1.807, 2.05) is 0 Å². The van der Waals surface area contributed by atoms with Gasteiger partial charge >= 0.3 is 6.18 Å². The number of amides is 2. The van der Waals surface area contributed by atoms with Gasteiger partial charge in [0.15, 0.2) is 0 Å². The zero-order chi connectivity index (χ0) is 32.4. The Bertz CT molecular complexity index is 1630. The van der Waals surface area contributed by atoms with E-state index in [0.29, 0.717) is 6.54 Å². The van der Waals surface area contributed by atoms with E-state index in [2.05, 4.69) is 32.8 Å². The van der Waals surface area contributed by atoms with Gasteiger partial charge in [0.25, 0.3) is 17.7 Å². The number of piperidine rings is 1. The molecule has 2 heterocycles. The first-order valence-corrected chi connectivity index (χ1v) is 13.4. The van der Waals surface area contributed by atoms with Gasteiger partial charge in [-0.1, -0.05) is 18.8 Å². The summed E-state index contributed by atoms with van der Waals surface area (Å²) in [6.07, 6.45) is -3.68. The van der Waals surface area contributed by atoms with Gasteiger partial charge in [0, 0.05) is 25.2 Å². The molecule has 2 atom stereocenters. The molecule has 9 nitrogen and oxygen atoms in total. The number of hydrogen-bond acceptors (Lipinski definition) is 6. The summed E-state index contributed by atoms with van der Waals surface area (Å²) in [6, 6.07) is 3.33. The van der Waals surface area contributed by atoms with Crippen LogP contribution < -0.4 is 20.7 Å². The standard InChI is InChI=1S/C29H30F6N6O3/c1-16-12-40(3)13-28(31,32)25(16)39-27(43)19-8-17(9-22-24(19)38-15-41(22)14-29(33,34)35)6-5-7-37-21-10-18(26(42)36-2)20(30)11-23(21)44-4/h8-11,15-16,25,37H,7,12-14H2,1-4H3,(H,36,42)(H,39,43)/t16-,25+/m1/s1. The Morgan fingerprint density at radius 2 is 1.89 bits per heavy atom. The van der Waals surface area contributed by atoms with Crippen molar-refractivity contribution in [2.45, 2.75) is 31.6 Å². The van der Waals surface area contributed by atoms with Gasteiger partial charge in [0.05, 0.1) is 54.9 Å².